The van der Waals surface area contributed by atoms with E-state index in [1.165, 1.54) is 6.08 Å². The first kappa shape index (κ1) is 15.6. The summed E-state index contributed by atoms with van der Waals surface area (Å²) in [5.41, 5.74) is 0.389. The molecule has 0 bridgehead atoms. The van der Waals surface area contributed by atoms with Gasteiger partial charge in [-0.15, -0.1) is 0 Å². The molecule has 0 saturated carbocycles. The van der Waals surface area contributed by atoms with Crippen molar-refractivity contribution >= 4 is 11.9 Å². The van der Waals surface area contributed by atoms with Crippen LogP contribution in [0.1, 0.15) is 13.8 Å². The van der Waals surface area contributed by atoms with E-state index in [4.69, 9.17) is 5.11 Å². The predicted molar refractivity (Wildman–Crippen MR) is 58.4 cm³/mol. The van der Waals surface area contributed by atoms with E-state index in [-0.39, 0.29) is 6.61 Å². The van der Waals surface area contributed by atoms with Crippen LogP contribution in [0.4, 0.5) is 0 Å². The zero-order valence-electron chi connectivity index (χ0n) is 9.03. The van der Waals surface area contributed by atoms with Crippen LogP contribution in [0.15, 0.2) is 37.0 Å². The number of hydrogen-bond acceptors (Lipinski definition) is 3. The predicted octanol–water partition coefficient (Wildman–Crippen LogP) is 1.94. The van der Waals surface area contributed by atoms with Gasteiger partial charge in [-0.1, -0.05) is 25.3 Å². The lowest BCUT2D eigenvalue weighted by Crippen LogP contribution is -1.98. The number of hydrogen-bond donors (Lipinski definition) is 1. The van der Waals surface area contributed by atoms with Crippen LogP contribution >= 0.6 is 0 Å². The fourth-order valence-electron chi connectivity index (χ4n) is 0.323. The number of carboxylic acids is 1. The van der Waals surface area contributed by atoms with Gasteiger partial charge in [-0.3, -0.25) is 0 Å². The molecule has 0 radical (unpaired) electrons. The van der Waals surface area contributed by atoms with Crippen LogP contribution in [0, 0.1) is 0 Å². The highest BCUT2D eigenvalue weighted by atomic mass is 16.5. The Morgan fingerprint density at radius 3 is 2.13 bits per heavy atom. The molecule has 0 aliphatic carbocycles. The first-order chi connectivity index (χ1) is 6.99. The zero-order valence-corrected chi connectivity index (χ0v) is 9.03. The summed E-state index contributed by atoms with van der Waals surface area (Å²) in [5.74, 6) is -1.26. The number of esters is 1. The van der Waals surface area contributed by atoms with Crippen molar-refractivity contribution in [2.75, 3.05) is 6.61 Å². The lowest BCUT2D eigenvalue weighted by Gasteiger charge is -1.92. The summed E-state index contributed by atoms with van der Waals surface area (Å²) in [7, 11) is 0. The van der Waals surface area contributed by atoms with Crippen LogP contribution in [0.2, 0.25) is 0 Å². The van der Waals surface area contributed by atoms with Crippen molar-refractivity contribution in [3.8, 4) is 0 Å². The highest BCUT2D eigenvalue weighted by molar-refractivity contribution is 5.85. The normalized spacial score (nSPS) is 9.33. The minimum absolute atomic E-state index is 0.255. The Hall–Kier alpha value is -1.84. The van der Waals surface area contributed by atoms with Crippen LogP contribution in [0.5, 0.6) is 0 Å². The number of carbonyl (C=O) groups excluding carboxylic acids is 1. The van der Waals surface area contributed by atoms with Gasteiger partial charge in [-0.05, 0) is 13.8 Å². The van der Waals surface area contributed by atoms with Gasteiger partial charge in [0, 0.05) is 11.6 Å². The number of allylic oxidation sites excluding steroid dienone is 1. The number of ether oxygens (including phenoxy) is 1. The van der Waals surface area contributed by atoms with Crippen LogP contribution in [0.3, 0.4) is 0 Å². The monoisotopic (exact) mass is 212 g/mol. The molecule has 0 fully saturated rings. The fraction of sp³-hybridized carbons (Fsp3) is 0.273. The maximum atomic E-state index is 10.2. The summed E-state index contributed by atoms with van der Waals surface area (Å²) in [6, 6.07) is 0. The van der Waals surface area contributed by atoms with Crippen LogP contribution in [-0.4, -0.2) is 23.7 Å². The molecule has 0 aliphatic heterocycles. The molecule has 0 rings (SSSR count). The maximum Gasteiger partial charge on any atom is 0.330 e. The van der Waals surface area contributed by atoms with E-state index in [9.17, 15) is 9.59 Å². The van der Waals surface area contributed by atoms with Gasteiger partial charge in [0.2, 0.25) is 0 Å². The Morgan fingerprint density at radius 1 is 1.40 bits per heavy atom. The molecule has 0 atom stereocenters. The van der Waals surface area contributed by atoms with E-state index in [2.05, 4.69) is 17.9 Å². The lowest BCUT2D eigenvalue weighted by molar-refractivity contribution is -0.136. The highest BCUT2D eigenvalue weighted by Crippen LogP contribution is 1.87. The van der Waals surface area contributed by atoms with Crippen LogP contribution in [-0.2, 0) is 14.3 Å². The Balaban J connectivity index is 0. The first-order valence-electron chi connectivity index (χ1n) is 4.25. The molecule has 0 aliphatic rings. The van der Waals surface area contributed by atoms with Crippen molar-refractivity contribution in [2.45, 2.75) is 13.8 Å². The molecule has 0 aromatic heterocycles. The minimum Gasteiger partial charge on any atom is -0.478 e. The van der Waals surface area contributed by atoms with Gasteiger partial charge in [0.05, 0.1) is 0 Å². The van der Waals surface area contributed by atoms with Crippen molar-refractivity contribution in [3.05, 3.63) is 37.0 Å². The second-order valence-corrected chi connectivity index (χ2v) is 2.40. The van der Waals surface area contributed by atoms with Gasteiger partial charge in [0.15, 0.2) is 0 Å². The molecule has 15 heavy (non-hydrogen) atoms. The van der Waals surface area contributed by atoms with Gasteiger partial charge in [0.1, 0.15) is 6.61 Å². The maximum absolute atomic E-state index is 10.2. The molecule has 0 aromatic rings. The van der Waals surface area contributed by atoms with Crippen molar-refractivity contribution in [1.82, 2.24) is 0 Å². The largest absolute Gasteiger partial charge is 0.478 e. The van der Waals surface area contributed by atoms with Crippen molar-refractivity contribution < 1.29 is 19.4 Å². The van der Waals surface area contributed by atoms with Crippen LogP contribution < -0.4 is 0 Å². The average Bonchev–Trinajstić information content (AvgIpc) is 2.25. The van der Waals surface area contributed by atoms with Crippen molar-refractivity contribution in [2.24, 2.45) is 0 Å². The van der Waals surface area contributed by atoms with Crippen molar-refractivity contribution in [1.29, 1.82) is 0 Å². The third-order valence-corrected chi connectivity index (χ3v) is 1.28. The van der Waals surface area contributed by atoms with Gasteiger partial charge in [-0.25, -0.2) is 9.59 Å². The summed E-state index contributed by atoms with van der Waals surface area (Å²) < 4.78 is 4.47. The summed E-state index contributed by atoms with van der Waals surface area (Å²) in [6.45, 7) is 10.1. The van der Waals surface area contributed by atoms with E-state index < -0.39 is 11.9 Å². The molecule has 0 spiro atoms. The molecule has 0 amide bonds. The standard InChI is InChI=1S/C6H8O2.C5H8O2/c1-3-5-8-6(7)4-2;1-3-4(2)5(6)7/h3-4H,1-2,5H2;3H,1-2H3,(H,6,7). The molecule has 1 N–H and O–H groups in total. The highest BCUT2D eigenvalue weighted by Gasteiger charge is 1.93. The second kappa shape index (κ2) is 10.2. The van der Waals surface area contributed by atoms with Gasteiger partial charge in [0.25, 0.3) is 0 Å². The Labute approximate surface area is 89.6 Å². The molecular formula is C11H16O4. The number of carbonyl (C=O) groups is 2. The second-order valence-electron chi connectivity index (χ2n) is 2.40. The van der Waals surface area contributed by atoms with Gasteiger partial charge >= 0.3 is 11.9 Å². The van der Waals surface area contributed by atoms with Gasteiger partial charge < -0.3 is 9.84 Å². The fourth-order valence-corrected chi connectivity index (χ4v) is 0.323. The van der Waals surface area contributed by atoms with E-state index in [0.29, 0.717) is 5.57 Å². The number of carboxylic acid groups (broad SMARTS) is 1. The van der Waals surface area contributed by atoms with Crippen LogP contribution in [0.25, 0.3) is 0 Å². The van der Waals surface area contributed by atoms with E-state index >= 15 is 0 Å². The molecule has 0 aromatic carbocycles. The van der Waals surface area contributed by atoms with E-state index in [1.54, 1.807) is 19.9 Å². The minimum atomic E-state index is -0.845. The topological polar surface area (TPSA) is 63.6 Å². The number of rotatable bonds is 4. The Morgan fingerprint density at radius 2 is 1.93 bits per heavy atom. The van der Waals surface area contributed by atoms with E-state index in [0.717, 1.165) is 6.08 Å². The first-order valence-corrected chi connectivity index (χ1v) is 4.25. The SMILES string of the molecule is C=CCOC(=O)C=C.CC=C(C)C(=O)O. The summed E-state index contributed by atoms with van der Waals surface area (Å²) >= 11 is 0. The Bertz CT molecular complexity index is 264. The average molecular weight is 212 g/mol. The summed E-state index contributed by atoms with van der Waals surface area (Å²) in [6.07, 6.45) is 4.17. The number of aliphatic carboxylic acids is 1. The summed E-state index contributed by atoms with van der Waals surface area (Å²) in [5, 5.41) is 8.11. The molecule has 0 unspecified atom stereocenters. The summed E-state index contributed by atoms with van der Waals surface area (Å²) in [4.78, 5) is 20.0. The third-order valence-electron chi connectivity index (χ3n) is 1.28. The van der Waals surface area contributed by atoms with E-state index in [1.807, 2.05) is 0 Å². The molecular weight excluding hydrogens is 196 g/mol. The lowest BCUT2D eigenvalue weighted by atomic mass is 10.3. The Kier molecular flexibility index (Phi) is 10.7. The molecule has 4 heteroatoms. The molecule has 84 valence electrons. The molecule has 0 saturated heterocycles. The zero-order chi connectivity index (χ0) is 12.3. The molecule has 4 nitrogen and oxygen atoms in total. The van der Waals surface area contributed by atoms with Crippen molar-refractivity contribution in [3.63, 3.8) is 0 Å². The smallest absolute Gasteiger partial charge is 0.330 e. The third kappa shape index (κ3) is 12.2. The van der Waals surface area contributed by atoms with Gasteiger partial charge in [-0.2, -0.15) is 0 Å². The molecule has 0 heterocycles. The quantitative estimate of drug-likeness (QED) is 0.439.